The largest absolute Gasteiger partial charge is 0.451 e. The topological polar surface area (TPSA) is 46.6 Å². The minimum absolute atomic E-state index is 0.0232. The Balaban J connectivity index is 1.65. The summed E-state index contributed by atoms with van der Waals surface area (Å²) < 4.78 is 5.64. The number of benzene rings is 2. The molecule has 0 N–H and O–H groups in total. The molecule has 1 amide bonds. The van der Waals surface area contributed by atoms with E-state index in [1.807, 2.05) is 67.6 Å². The second kappa shape index (κ2) is 7.32. The Kier molecular flexibility index (Phi) is 5.03. The number of halogens is 1. The van der Waals surface area contributed by atoms with Crippen molar-refractivity contribution in [2.45, 2.75) is 35.6 Å². The summed E-state index contributed by atoms with van der Waals surface area (Å²) in [4.78, 5) is 27.1. The van der Waals surface area contributed by atoms with Gasteiger partial charge in [0.15, 0.2) is 6.10 Å². The van der Waals surface area contributed by atoms with Gasteiger partial charge in [-0.1, -0.05) is 76.6 Å². The molecule has 0 radical (unpaired) electrons. The lowest BCUT2D eigenvalue weighted by atomic mass is 9.97. The molecular weight excluding hydrogens is 426 g/mol. The van der Waals surface area contributed by atoms with E-state index in [-0.39, 0.29) is 17.3 Å². The highest BCUT2D eigenvalue weighted by molar-refractivity contribution is 9.09. The minimum Gasteiger partial charge on any atom is -0.451 e. The highest BCUT2D eigenvalue weighted by atomic mass is 79.9. The molecule has 2 aromatic carbocycles. The smallest absolute Gasteiger partial charge is 0.331 e. The van der Waals surface area contributed by atoms with Gasteiger partial charge in [-0.05, 0) is 18.1 Å². The second-order valence-corrected chi connectivity index (χ2v) is 9.34. The van der Waals surface area contributed by atoms with Crippen LogP contribution in [-0.4, -0.2) is 38.3 Å². The van der Waals surface area contributed by atoms with Crippen LogP contribution in [0.3, 0.4) is 0 Å². The van der Waals surface area contributed by atoms with Gasteiger partial charge in [0.1, 0.15) is 6.04 Å². The van der Waals surface area contributed by atoms with Crippen molar-refractivity contribution in [3.8, 4) is 0 Å². The molecule has 0 saturated carbocycles. The summed E-state index contributed by atoms with van der Waals surface area (Å²) in [5, 5.41) is 0.691. The molecule has 3 atom stereocenters. The van der Waals surface area contributed by atoms with Crippen molar-refractivity contribution in [3.05, 3.63) is 71.8 Å². The zero-order valence-corrected chi connectivity index (χ0v) is 17.3. The minimum atomic E-state index is -0.581. The highest BCUT2D eigenvalue weighted by Gasteiger charge is 2.60. The van der Waals surface area contributed by atoms with Crippen LogP contribution in [0.15, 0.2) is 60.7 Å². The van der Waals surface area contributed by atoms with Crippen molar-refractivity contribution in [2.24, 2.45) is 0 Å². The summed E-state index contributed by atoms with van der Waals surface area (Å²) in [7, 11) is 0. The molecule has 2 fully saturated rings. The number of alkyl halides is 1. The predicted molar refractivity (Wildman–Crippen MR) is 110 cm³/mol. The molecule has 2 aliphatic heterocycles. The third kappa shape index (κ3) is 3.29. The van der Waals surface area contributed by atoms with E-state index in [1.54, 1.807) is 16.7 Å². The summed E-state index contributed by atoms with van der Waals surface area (Å²) in [6, 6.07) is 18.8. The molecule has 2 heterocycles. The first-order valence-corrected chi connectivity index (χ1v) is 10.9. The lowest BCUT2D eigenvalue weighted by Crippen LogP contribution is -2.58. The molecule has 2 saturated heterocycles. The number of carbonyl (C=O) groups is 2. The first-order valence-electron chi connectivity index (χ1n) is 8.89. The summed E-state index contributed by atoms with van der Waals surface area (Å²) in [5.74, 6) is -0.326. The molecular formula is C21H20BrNO3S. The molecule has 2 unspecified atom stereocenters. The van der Waals surface area contributed by atoms with Crippen molar-refractivity contribution in [2.75, 3.05) is 5.33 Å². The van der Waals surface area contributed by atoms with Gasteiger partial charge in [0.2, 0.25) is 5.91 Å². The van der Waals surface area contributed by atoms with Gasteiger partial charge in [-0.3, -0.25) is 4.79 Å². The zero-order valence-electron chi connectivity index (χ0n) is 14.9. The van der Waals surface area contributed by atoms with Crippen molar-refractivity contribution in [1.82, 2.24) is 4.90 Å². The van der Waals surface area contributed by atoms with E-state index in [9.17, 15) is 9.59 Å². The average Bonchev–Trinajstić information content (AvgIpc) is 2.95. The Labute approximate surface area is 171 Å². The number of ether oxygens (including phenoxy) is 1. The van der Waals surface area contributed by atoms with Gasteiger partial charge in [-0.15, -0.1) is 11.8 Å². The Morgan fingerprint density at radius 1 is 1.19 bits per heavy atom. The number of β-lactam (4-membered cyclic amide) rings is 1. The van der Waals surface area contributed by atoms with E-state index in [0.717, 1.165) is 11.1 Å². The van der Waals surface area contributed by atoms with E-state index in [0.29, 0.717) is 11.8 Å². The van der Waals surface area contributed by atoms with Crippen LogP contribution in [0.4, 0.5) is 0 Å². The van der Waals surface area contributed by atoms with Gasteiger partial charge in [-0.2, -0.15) is 0 Å². The van der Waals surface area contributed by atoms with Gasteiger partial charge in [0, 0.05) is 5.33 Å². The first kappa shape index (κ1) is 18.6. The quantitative estimate of drug-likeness (QED) is 0.394. The molecule has 0 spiro atoms. The molecule has 2 aromatic rings. The molecule has 4 rings (SSSR count). The lowest BCUT2D eigenvalue weighted by Gasteiger charge is -2.38. The standard InChI is InChI=1S/C21H20BrNO3S/c1-21(13-22)19(23-16(24)12-17(23)27-21)20(25)26-18(14-8-4-2-5-9-14)15-10-6-3-7-11-15/h2-11,17-19H,12-13H2,1H3/t17?,19-,21?/m0/s1. The summed E-state index contributed by atoms with van der Waals surface area (Å²) in [6.07, 6.45) is -0.00224. The molecule has 0 bridgehead atoms. The maximum absolute atomic E-state index is 13.3. The third-order valence-corrected chi connectivity index (χ3v) is 8.24. The summed E-state index contributed by atoms with van der Waals surface area (Å²) in [5.41, 5.74) is 1.82. The number of nitrogens with zero attached hydrogens (tertiary/aromatic N) is 1. The Morgan fingerprint density at radius 3 is 2.22 bits per heavy atom. The fraction of sp³-hybridized carbons (Fsp3) is 0.333. The van der Waals surface area contributed by atoms with Crippen molar-refractivity contribution >= 4 is 39.6 Å². The van der Waals surface area contributed by atoms with Gasteiger partial charge in [0.05, 0.1) is 16.5 Å². The second-order valence-electron chi connectivity index (χ2n) is 7.06. The molecule has 0 aromatic heterocycles. The molecule has 4 nitrogen and oxygen atoms in total. The number of hydrogen-bond donors (Lipinski definition) is 0. The zero-order chi connectivity index (χ0) is 19.0. The Hall–Kier alpha value is -1.79. The number of thioether (sulfide) groups is 1. The van der Waals surface area contributed by atoms with Gasteiger partial charge >= 0.3 is 5.97 Å². The molecule has 27 heavy (non-hydrogen) atoms. The lowest BCUT2D eigenvalue weighted by molar-refractivity contribution is -0.164. The van der Waals surface area contributed by atoms with E-state index in [4.69, 9.17) is 4.74 Å². The van der Waals surface area contributed by atoms with Crippen LogP contribution >= 0.6 is 27.7 Å². The van der Waals surface area contributed by atoms with Crippen molar-refractivity contribution in [3.63, 3.8) is 0 Å². The monoisotopic (exact) mass is 445 g/mol. The Morgan fingerprint density at radius 2 is 1.74 bits per heavy atom. The first-order chi connectivity index (χ1) is 13.0. The van der Waals surface area contributed by atoms with Crippen LogP contribution in [-0.2, 0) is 14.3 Å². The molecule has 0 aliphatic carbocycles. The summed E-state index contributed by atoms with van der Waals surface area (Å²) in [6.45, 7) is 2.02. The maximum atomic E-state index is 13.3. The number of rotatable bonds is 5. The average molecular weight is 446 g/mol. The van der Waals surface area contributed by atoms with Crippen molar-refractivity contribution < 1.29 is 14.3 Å². The van der Waals surface area contributed by atoms with Gasteiger partial charge in [0.25, 0.3) is 0 Å². The normalized spacial score (nSPS) is 26.6. The fourth-order valence-corrected chi connectivity index (χ4v) is 6.02. The number of fused-ring (bicyclic) bond motifs is 1. The fourth-order valence-electron chi connectivity index (χ4n) is 3.71. The van der Waals surface area contributed by atoms with Crippen LogP contribution in [0.1, 0.15) is 30.6 Å². The van der Waals surface area contributed by atoms with Crippen molar-refractivity contribution in [1.29, 1.82) is 0 Å². The summed E-state index contributed by atoms with van der Waals surface area (Å²) >= 11 is 5.21. The van der Waals surface area contributed by atoms with Crippen LogP contribution < -0.4 is 0 Å². The number of esters is 1. The van der Waals surface area contributed by atoms with E-state index >= 15 is 0 Å². The Bertz CT molecular complexity index is 808. The molecule has 2 aliphatic rings. The van der Waals surface area contributed by atoms with Crippen LogP contribution in [0.2, 0.25) is 0 Å². The van der Waals surface area contributed by atoms with Crippen LogP contribution in [0, 0.1) is 0 Å². The van der Waals surface area contributed by atoms with Crippen LogP contribution in [0.25, 0.3) is 0 Å². The maximum Gasteiger partial charge on any atom is 0.331 e. The molecule has 6 heteroatoms. The highest BCUT2D eigenvalue weighted by Crippen LogP contribution is 2.52. The number of hydrogen-bond acceptors (Lipinski definition) is 4. The van der Waals surface area contributed by atoms with E-state index in [2.05, 4.69) is 15.9 Å². The molecule has 140 valence electrons. The van der Waals surface area contributed by atoms with Gasteiger partial charge < -0.3 is 9.64 Å². The number of carbonyl (C=O) groups excluding carboxylic acids is 2. The van der Waals surface area contributed by atoms with Gasteiger partial charge in [-0.25, -0.2) is 4.79 Å². The number of amides is 1. The van der Waals surface area contributed by atoms with Crippen LogP contribution in [0.5, 0.6) is 0 Å². The third-order valence-electron chi connectivity index (χ3n) is 5.14. The van der Waals surface area contributed by atoms with E-state index in [1.165, 1.54) is 0 Å². The predicted octanol–water partition coefficient (Wildman–Crippen LogP) is 4.15. The van der Waals surface area contributed by atoms with E-state index < -0.39 is 16.9 Å². The SMILES string of the molecule is CC1(CBr)SC2CC(=O)N2[C@H]1C(=O)OC(c1ccccc1)c1ccccc1.